The second-order valence-corrected chi connectivity index (χ2v) is 6.97. The van der Waals surface area contributed by atoms with E-state index in [9.17, 15) is 19.5 Å². The lowest BCUT2D eigenvalue weighted by Gasteiger charge is -2.41. The summed E-state index contributed by atoms with van der Waals surface area (Å²) in [5.41, 5.74) is -0.281. The molecule has 0 aromatic heterocycles. The van der Waals surface area contributed by atoms with Gasteiger partial charge >= 0.3 is 5.97 Å². The van der Waals surface area contributed by atoms with E-state index >= 15 is 0 Å². The van der Waals surface area contributed by atoms with Crippen molar-refractivity contribution in [2.24, 2.45) is 0 Å². The maximum atomic E-state index is 12.8. The van der Waals surface area contributed by atoms with Gasteiger partial charge in [0, 0.05) is 24.2 Å². The first-order chi connectivity index (χ1) is 11.8. The fourth-order valence-electron chi connectivity index (χ4n) is 3.33. The molecule has 0 spiro atoms. The van der Waals surface area contributed by atoms with Crippen molar-refractivity contribution in [3.63, 3.8) is 0 Å². The first-order valence-electron chi connectivity index (χ1n) is 8.70. The van der Waals surface area contributed by atoms with Crippen molar-refractivity contribution >= 4 is 17.8 Å². The van der Waals surface area contributed by atoms with Gasteiger partial charge in [-0.3, -0.25) is 9.59 Å². The summed E-state index contributed by atoms with van der Waals surface area (Å²) in [4.78, 5) is 38.0. The molecule has 1 aliphatic carbocycles. The zero-order chi connectivity index (χ0) is 18.6. The Labute approximate surface area is 148 Å². The van der Waals surface area contributed by atoms with Crippen LogP contribution in [0.3, 0.4) is 0 Å². The molecule has 0 aliphatic heterocycles. The molecule has 2 rings (SSSR count). The van der Waals surface area contributed by atoms with Crippen molar-refractivity contribution in [1.29, 1.82) is 0 Å². The van der Waals surface area contributed by atoms with Crippen LogP contribution in [-0.4, -0.2) is 46.4 Å². The first kappa shape index (κ1) is 19.0. The van der Waals surface area contributed by atoms with Crippen LogP contribution in [0, 0.1) is 0 Å². The smallest absolute Gasteiger partial charge is 0.329 e. The predicted molar refractivity (Wildman–Crippen MR) is 94.6 cm³/mol. The topological polar surface area (TPSA) is 86.7 Å². The molecule has 0 saturated heterocycles. The number of likely N-dealkylation sites (N-methyl/N-ethyl adjacent to an activating group) is 1. The molecule has 0 bridgehead atoms. The third-order valence-electron chi connectivity index (χ3n) is 4.84. The largest absolute Gasteiger partial charge is 0.479 e. The molecular formula is C19H26N2O4. The summed E-state index contributed by atoms with van der Waals surface area (Å²) in [7, 11) is 1.56. The SMILES string of the molecule is CC(C)NC(=O)c1ccc(C(=O)N(C)C2(C(=O)O)CCCCC2)cc1. The predicted octanol–water partition coefficient (Wildman–Crippen LogP) is 2.68. The van der Waals surface area contributed by atoms with Crippen molar-refractivity contribution in [1.82, 2.24) is 10.2 Å². The van der Waals surface area contributed by atoms with E-state index in [1.807, 2.05) is 13.8 Å². The van der Waals surface area contributed by atoms with E-state index in [1.54, 1.807) is 31.3 Å². The van der Waals surface area contributed by atoms with E-state index in [1.165, 1.54) is 4.90 Å². The number of carboxylic acid groups (broad SMARTS) is 1. The molecule has 1 aromatic rings. The van der Waals surface area contributed by atoms with Crippen LogP contribution in [0.15, 0.2) is 24.3 Å². The molecule has 1 fully saturated rings. The van der Waals surface area contributed by atoms with Crippen LogP contribution in [-0.2, 0) is 4.79 Å². The molecule has 0 atom stereocenters. The third-order valence-corrected chi connectivity index (χ3v) is 4.84. The molecule has 0 heterocycles. The lowest BCUT2D eigenvalue weighted by atomic mass is 9.80. The zero-order valence-electron chi connectivity index (χ0n) is 15.0. The Balaban J connectivity index is 2.19. The normalized spacial score (nSPS) is 16.3. The summed E-state index contributed by atoms with van der Waals surface area (Å²) in [6.45, 7) is 3.75. The van der Waals surface area contributed by atoms with E-state index in [0.29, 0.717) is 24.0 Å². The first-order valence-corrected chi connectivity index (χ1v) is 8.70. The Bertz CT molecular complexity index is 646. The molecule has 25 heavy (non-hydrogen) atoms. The lowest BCUT2D eigenvalue weighted by molar-refractivity contribution is -0.151. The number of aliphatic carboxylic acids is 1. The van der Waals surface area contributed by atoms with E-state index in [-0.39, 0.29) is 17.9 Å². The van der Waals surface area contributed by atoms with Gasteiger partial charge in [-0.05, 0) is 51.0 Å². The molecule has 1 saturated carbocycles. The Kier molecular flexibility index (Phi) is 5.82. The van der Waals surface area contributed by atoms with E-state index in [4.69, 9.17) is 0 Å². The van der Waals surface area contributed by atoms with Gasteiger partial charge < -0.3 is 15.3 Å². The molecule has 2 amide bonds. The van der Waals surface area contributed by atoms with E-state index in [0.717, 1.165) is 19.3 Å². The van der Waals surface area contributed by atoms with Gasteiger partial charge in [-0.1, -0.05) is 19.3 Å². The summed E-state index contributed by atoms with van der Waals surface area (Å²) in [6.07, 6.45) is 3.55. The highest BCUT2D eigenvalue weighted by Crippen LogP contribution is 2.34. The summed E-state index contributed by atoms with van der Waals surface area (Å²) in [5.74, 6) is -1.48. The molecule has 136 valence electrons. The van der Waals surface area contributed by atoms with Gasteiger partial charge in [0.1, 0.15) is 5.54 Å². The number of nitrogens with one attached hydrogen (secondary N) is 1. The molecule has 1 aromatic carbocycles. The van der Waals surface area contributed by atoms with Crippen molar-refractivity contribution in [2.75, 3.05) is 7.05 Å². The van der Waals surface area contributed by atoms with Gasteiger partial charge in [-0.25, -0.2) is 4.79 Å². The third kappa shape index (κ3) is 4.00. The number of benzene rings is 1. The lowest BCUT2D eigenvalue weighted by Crippen LogP contribution is -2.56. The maximum Gasteiger partial charge on any atom is 0.329 e. The number of hydrogen-bond donors (Lipinski definition) is 2. The number of carbonyl (C=O) groups is 3. The van der Waals surface area contributed by atoms with Gasteiger partial charge in [-0.2, -0.15) is 0 Å². The minimum absolute atomic E-state index is 0.0293. The molecule has 2 N–H and O–H groups in total. The highest BCUT2D eigenvalue weighted by atomic mass is 16.4. The summed E-state index contributed by atoms with van der Waals surface area (Å²) in [5, 5.41) is 12.5. The van der Waals surface area contributed by atoms with Crippen LogP contribution in [0.5, 0.6) is 0 Å². The highest BCUT2D eigenvalue weighted by Gasteiger charge is 2.45. The zero-order valence-corrected chi connectivity index (χ0v) is 15.0. The number of nitrogens with zero attached hydrogens (tertiary/aromatic N) is 1. The van der Waals surface area contributed by atoms with E-state index in [2.05, 4.69) is 5.32 Å². The molecule has 1 aliphatic rings. The van der Waals surface area contributed by atoms with Crippen LogP contribution in [0.4, 0.5) is 0 Å². The molecule has 6 heteroatoms. The number of rotatable bonds is 5. The average Bonchev–Trinajstić information content (AvgIpc) is 2.60. The monoisotopic (exact) mass is 346 g/mol. The standard InChI is InChI=1S/C19H26N2O4/c1-13(2)20-16(22)14-7-9-15(10-8-14)17(23)21(3)19(18(24)25)11-5-4-6-12-19/h7-10,13H,4-6,11-12H2,1-3H3,(H,20,22)(H,24,25). The molecule has 6 nitrogen and oxygen atoms in total. The van der Waals surface area contributed by atoms with Crippen LogP contribution in [0.2, 0.25) is 0 Å². The van der Waals surface area contributed by atoms with Crippen molar-refractivity contribution in [3.05, 3.63) is 35.4 Å². The van der Waals surface area contributed by atoms with Gasteiger partial charge in [0.15, 0.2) is 0 Å². The van der Waals surface area contributed by atoms with Gasteiger partial charge in [0.05, 0.1) is 0 Å². The molecular weight excluding hydrogens is 320 g/mol. The number of amides is 2. The minimum atomic E-state index is -1.14. The van der Waals surface area contributed by atoms with Crippen molar-refractivity contribution in [2.45, 2.75) is 57.5 Å². The Morgan fingerprint density at radius 1 is 1.04 bits per heavy atom. The fraction of sp³-hybridized carbons (Fsp3) is 0.526. The average molecular weight is 346 g/mol. The number of carbonyl (C=O) groups excluding carboxylic acids is 2. The fourth-order valence-corrected chi connectivity index (χ4v) is 3.33. The van der Waals surface area contributed by atoms with Gasteiger partial charge in [0.25, 0.3) is 11.8 Å². The van der Waals surface area contributed by atoms with Gasteiger partial charge in [0.2, 0.25) is 0 Å². The van der Waals surface area contributed by atoms with Crippen LogP contribution >= 0.6 is 0 Å². The maximum absolute atomic E-state index is 12.8. The van der Waals surface area contributed by atoms with Crippen molar-refractivity contribution < 1.29 is 19.5 Å². The van der Waals surface area contributed by atoms with Crippen LogP contribution in [0.1, 0.15) is 66.7 Å². The Hall–Kier alpha value is -2.37. The quantitative estimate of drug-likeness (QED) is 0.858. The summed E-state index contributed by atoms with van der Waals surface area (Å²) in [6, 6.07) is 6.36. The van der Waals surface area contributed by atoms with Gasteiger partial charge in [-0.15, -0.1) is 0 Å². The second kappa shape index (κ2) is 7.68. The Morgan fingerprint density at radius 3 is 2.04 bits per heavy atom. The highest BCUT2D eigenvalue weighted by molar-refractivity contribution is 5.99. The van der Waals surface area contributed by atoms with Crippen LogP contribution in [0.25, 0.3) is 0 Å². The minimum Gasteiger partial charge on any atom is -0.479 e. The number of hydrogen-bond acceptors (Lipinski definition) is 3. The van der Waals surface area contributed by atoms with E-state index < -0.39 is 11.5 Å². The molecule has 0 unspecified atom stereocenters. The molecule has 0 radical (unpaired) electrons. The second-order valence-electron chi connectivity index (χ2n) is 6.97. The number of carboxylic acids is 1. The summed E-state index contributed by atoms with van der Waals surface area (Å²) >= 11 is 0. The summed E-state index contributed by atoms with van der Waals surface area (Å²) < 4.78 is 0. The van der Waals surface area contributed by atoms with Crippen molar-refractivity contribution in [3.8, 4) is 0 Å². The Morgan fingerprint density at radius 2 is 1.56 bits per heavy atom. The van der Waals surface area contributed by atoms with Crippen LogP contribution < -0.4 is 5.32 Å².